The fourth-order valence-corrected chi connectivity index (χ4v) is 4.27. The SMILES string of the molecule is Cc1nn(Cc2c(F)cccc2Cl)c(C)c1NC(=S)Nc1cc(C)n(Cc2ccccc2Cl)n1. The predicted octanol–water partition coefficient (Wildman–Crippen LogP) is 6.36. The van der Waals surface area contributed by atoms with Crippen molar-refractivity contribution >= 4 is 52.0 Å². The van der Waals surface area contributed by atoms with Crippen molar-refractivity contribution in [1.29, 1.82) is 0 Å². The Labute approximate surface area is 212 Å². The summed E-state index contributed by atoms with van der Waals surface area (Å²) in [5, 5.41) is 16.9. The van der Waals surface area contributed by atoms with Gasteiger partial charge in [-0.3, -0.25) is 9.36 Å². The number of nitrogens with zero attached hydrogens (tertiary/aromatic N) is 4. The molecule has 2 heterocycles. The van der Waals surface area contributed by atoms with Crippen LogP contribution in [0.1, 0.15) is 28.2 Å². The number of anilines is 2. The third-order valence-corrected chi connectivity index (χ3v) is 6.42. The lowest BCUT2D eigenvalue weighted by Gasteiger charge is -2.11. The summed E-state index contributed by atoms with van der Waals surface area (Å²) in [6.07, 6.45) is 0. The highest BCUT2D eigenvalue weighted by Gasteiger charge is 2.16. The lowest BCUT2D eigenvalue weighted by atomic mass is 10.2. The van der Waals surface area contributed by atoms with E-state index in [1.54, 1.807) is 16.8 Å². The van der Waals surface area contributed by atoms with E-state index < -0.39 is 0 Å². The zero-order chi connectivity index (χ0) is 24.4. The molecule has 0 saturated carbocycles. The number of aryl methyl sites for hydroxylation is 2. The molecule has 176 valence electrons. The molecule has 0 saturated heterocycles. The van der Waals surface area contributed by atoms with Crippen LogP contribution in [0.2, 0.25) is 10.0 Å². The third kappa shape index (κ3) is 5.24. The molecular formula is C24H23Cl2FN6S. The first-order valence-corrected chi connectivity index (χ1v) is 11.7. The molecule has 0 unspecified atom stereocenters. The van der Waals surface area contributed by atoms with Gasteiger partial charge < -0.3 is 10.6 Å². The molecule has 10 heteroatoms. The molecule has 2 N–H and O–H groups in total. The van der Waals surface area contributed by atoms with Crippen LogP contribution >= 0.6 is 35.4 Å². The highest BCUT2D eigenvalue weighted by atomic mass is 35.5. The molecule has 0 bridgehead atoms. The molecular weight excluding hydrogens is 494 g/mol. The second kappa shape index (κ2) is 10.1. The van der Waals surface area contributed by atoms with Crippen molar-refractivity contribution in [3.8, 4) is 0 Å². The number of halogens is 3. The van der Waals surface area contributed by atoms with E-state index in [0.717, 1.165) is 28.3 Å². The summed E-state index contributed by atoms with van der Waals surface area (Å²) in [7, 11) is 0. The third-order valence-electron chi connectivity index (χ3n) is 5.49. The molecule has 4 aromatic rings. The molecule has 0 atom stereocenters. The van der Waals surface area contributed by atoms with Gasteiger partial charge in [-0.1, -0.05) is 47.5 Å². The fourth-order valence-electron chi connectivity index (χ4n) is 3.65. The van der Waals surface area contributed by atoms with Gasteiger partial charge in [0.2, 0.25) is 0 Å². The van der Waals surface area contributed by atoms with Gasteiger partial charge >= 0.3 is 0 Å². The summed E-state index contributed by atoms with van der Waals surface area (Å²) < 4.78 is 17.8. The van der Waals surface area contributed by atoms with Crippen LogP contribution in [0.4, 0.5) is 15.9 Å². The molecule has 0 aliphatic carbocycles. The molecule has 0 radical (unpaired) electrons. The molecule has 6 nitrogen and oxygen atoms in total. The summed E-state index contributed by atoms with van der Waals surface area (Å²) in [4.78, 5) is 0. The quantitative estimate of drug-likeness (QED) is 0.292. The molecule has 2 aromatic heterocycles. The Morgan fingerprint density at radius 1 is 0.941 bits per heavy atom. The molecule has 2 aromatic carbocycles. The maximum Gasteiger partial charge on any atom is 0.176 e. The summed E-state index contributed by atoms with van der Waals surface area (Å²) in [6.45, 7) is 6.49. The van der Waals surface area contributed by atoms with Crippen LogP contribution in [0.3, 0.4) is 0 Å². The minimum Gasteiger partial charge on any atom is -0.329 e. The Bertz CT molecular complexity index is 1340. The van der Waals surface area contributed by atoms with Crippen LogP contribution in [0.25, 0.3) is 0 Å². The van der Waals surface area contributed by atoms with E-state index >= 15 is 0 Å². The van der Waals surface area contributed by atoms with Gasteiger partial charge in [0.1, 0.15) is 5.82 Å². The Kier molecular flexibility index (Phi) is 7.21. The van der Waals surface area contributed by atoms with E-state index in [9.17, 15) is 4.39 Å². The van der Waals surface area contributed by atoms with E-state index in [0.29, 0.717) is 33.1 Å². The minimum atomic E-state index is -0.366. The molecule has 34 heavy (non-hydrogen) atoms. The zero-order valence-electron chi connectivity index (χ0n) is 18.9. The Morgan fingerprint density at radius 3 is 2.41 bits per heavy atom. The lowest BCUT2D eigenvalue weighted by molar-refractivity contribution is 0.579. The average Bonchev–Trinajstić information content (AvgIpc) is 3.25. The van der Waals surface area contributed by atoms with Gasteiger partial charge in [0.25, 0.3) is 0 Å². The molecule has 0 spiro atoms. The molecule has 4 rings (SSSR count). The first kappa shape index (κ1) is 24.2. The monoisotopic (exact) mass is 516 g/mol. The van der Waals surface area contributed by atoms with Gasteiger partial charge in [0.15, 0.2) is 10.9 Å². The van der Waals surface area contributed by atoms with Crippen LogP contribution in [0, 0.1) is 26.6 Å². The standard InChI is InChI=1S/C24H23Cl2FN6S/c1-14-11-22(31-32(14)12-17-7-4-5-8-19(17)25)28-24(34)29-23-15(2)30-33(16(23)3)13-18-20(26)9-6-10-21(18)27/h4-11H,12-13H2,1-3H3,(H2,28,29,31,34). The molecule has 0 amide bonds. The number of benzene rings is 2. The zero-order valence-corrected chi connectivity index (χ0v) is 21.2. The number of hydrogen-bond acceptors (Lipinski definition) is 3. The van der Waals surface area contributed by atoms with E-state index in [1.807, 2.05) is 55.8 Å². The van der Waals surface area contributed by atoms with Gasteiger partial charge in [-0.05, 0) is 56.8 Å². The van der Waals surface area contributed by atoms with Crippen molar-refractivity contribution in [2.24, 2.45) is 0 Å². The topological polar surface area (TPSA) is 59.7 Å². The summed E-state index contributed by atoms with van der Waals surface area (Å²) in [5.74, 6) is 0.248. The van der Waals surface area contributed by atoms with Crippen molar-refractivity contribution < 1.29 is 4.39 Å². The summed E-state index contributed by atoms with van der Waals surface area (Å²) >= 11 is 18.0. The largest absolute Gasteiger partial charge is 0.329 e. The van der Waals surface area contributed by atoms with Crippen molar-refractivity contribution in [3.63, 3.8) is 0 Å². The van der Waals surface area contributed by atoms with Crippen LogP contribution in [-0.2, 0) is 13.1 Å². The van der Waals surface area contributed by atoms with Crippen LogP contribution in [0.5, 0.6) is 0 Å². The maximum atomic E-state index is 14.2. The number of thiocarbonyl (C=S) groups is 1. The Hall–Kier alpha value is -2.94. The fraction of sp³-hybridized carbons (Fsp3) is 0.208. The summed E-state index contributed by atoms with van der Waals surface area (Å²) in [6, 6.07) is 14.2. The normalized spacial score (nSPS) is 11.0. The van der Waals surface area contributed by atoms with Gasteiger partial charge in [-0.15, -0.1) is 0 Å². The summed E-state index contributed by atoms with van der Waals surface area (Å²) in [5.41, 5.74) is 4.62. The van der Waals surface area contributed by atoms with Gasteiger partial charge in [0, 0.05) is 27.4 Å². The first-order chi connectivity index (χ1) is 16.2. The first-order valence-electron chi connectivity index (χ1n) is 10.6. The highest BCUT2D eigenvalue weighted by Crippen LogP contribution is 2.25. The van der Waals surface area contributed by atoms with Gasteiger partial charge in [0.05, 0.1) is 30.2 Å². The number of rotatable bonds is 6. The average molecular weight is 517 g/mol. The van der Waals surface area contributed by atoms with Crippen LogP contribution < -0.4 is 10.6 Å². The van der Waals surface area contributed by atoms with Crippen LogP contribution in [0.15, 0.2) is 48.5 Å². The number of hydrogen-bond donors (Lipinski definition) is 2. The van der Waals surface area contributed by atoms with Crippen molar-refractivity contribution in [3.05, 3.63) is 92.6 Å². The van der Waals surface area contributed by atoms with E-state index in [4.69, 9.17) is 35.4 Å². The smallest absolute Gasteiger partial charge is 0.176 e. The van der Waals surface area contributed by atoms with E-state index in [2.05, 4.69) is 20.8 Å². The van der Waals surface area contributed by atoms with Crippen molar-refractivity contribution in [2.75, 3.05) is 10.6 Å². The number of aromatic nitrogens is 4. The van der Waals surface area contributed by atoms with Crippen molar-refractivity contribution in [1.82, 2.24) is 19.6 Å². The minimum absolute atomic E-state index is 0.214. The Morgan fingerprint density at radius 2 is 1.68 bits per heavy atom. The van der Waals surface area contributed by atoms with Gasteiger partial charge in [-0.2, -0.15) is 10.2 Å². The predicted molar refractivity (Wildman–Crippen MR) is 140 cm³/mol. The lowest BCUT2D eigenvalue weighted by Crippen LogP contribution is -2.20. The number of nitrogens with one attached hydrogen (secondary N) is 2. The Balaban J connectivity index is 1.46. The van der Waals surface area contributed by atoms with Crippen LogP contribution in [-0.4, -0.2) is 24.7 Å². The van der Waals surface area contributed by atoms with Gasteiger partial charge in [-0.25, -0.2) is 4.39 Å². The molecule has 0 fully saturated rings. The second-order valence-corrected chi connectivity index (χ2v) is 9.13. The molecule has 0 aliphatic rings. The highest BCUT2D eigenvalue weighted by molar-refractivity contribution is 7.80. The molecule has 0 aliphatic heterocycles. The second-order valence-electron chi connectivity index (χ2n) is 7.90. The van der Waals surface area contributed by atoms with Crippen molar-refractivity contribution in [2.45, 2.75) is 33.9 Å². The van der Waals surface area contributed by atoms with E-state index in [1.165, 1.54) is 6.07 Å². The maximum absolute atomic E-state index is 14.2. The van der Waals surface area contributed by atoms with E-state index in [-0.39, 0.29) is 12.4 Å².